The summed E-state index contributed by atoms with van der Waals surface area (Å²) >= 11 is 0. The predicted molar refractivity (Wildman–Crippen MR) is 58.7 cm³/mol. The van der Waals surface area contributed by atoms with Crippen molar-refractivity contribution in [1.29, 1.82) is 0 Å². The van der Waals surface area contributed by atoms with Gasteiger partial charge in [-0.2, -0.15) is 0 Å². The van der Waals surface area contributed by atoms with Gasteiger partial charge in [-0.25, -0.2) is 9.13 Å². The maximum atomic E-state index is 10.7. The lowest BCUT2D eigenvalue weighted by atomic mass is 10.3. The number of aryl methyl sites for hydroxylation is 1. The van der Waals surface area contributed by atoms with E-state index in [4.69, 9.17) is 0 Å². The standard InChI is InChI=1S/C12H20N2O2/c1-4-6-11-13(9-12(15)16)8-10(3)14(11)7-5-2/h8H,4-7,9H2,1-3H3. The Morgan fingerprint density at radius 1 is 1.44 bits per heavy atom. The van der Waals surface area contributed by atoms with Gasteiger partial charge in [-0.3, -0.25) is 0 Å². The number of carboxylic acid groups (broad SMARTS) is 1. The smallest absolute Gasteiger partial charge is 0.256 e. The molecule has 4 nitrogen and oxygen atoms in total. The van der Waals surface area contributed by atoms with Gasteiger partial charge in [-0.05, 0) is 12.8 Å². The summed E-state index contributed by atoms with van der Waals surface area (Å²) in [4.78, 5) is 10.7. The normalized spacial score (nSPS) is 10.7. The Morgan fingerprint density at radius 2 is 2.12 bits per heavy atom. The summed E-state index contributed by atoms with van der Waals surface area (Å²) < 4.78 is 4.00. The molecular weight excluding hydrogens is 204 g/mol. The Bertz CT molecular complexity index is 369. The first-order valence-electron chi connectivity index (χ1n) is 5.88. The maximum absolute atomic E-state index is 10.7. The molecule has 0 saturated heterocycles. The summed E-state index contributed by atoms with van der Waals surface area (Å²) in [6.07, 6.45) is 4.87. The summed E-state index contributed by atoms with van der Waals surface area (Å²) in [6.45, 7) is 7.13. The third-order valence-corrected chi connectivity index (χ3v) is 2.63. The van der Waals surface area contributed by atoms with Crippen molar-refractivity contribution in [2.45, 2.75) is 53.1 Å². The fourth-order valence-corrected chi connectivity index (χ4v) is 2.04. The molecule has 0 unspecified atom stereocenters. The van der Waals surface area contributed by atoms with Crippen molar-refractivity contribution < 1.29 is 14.5 Å². The number of carbonyl (C=O) groups is 1. The Balaban J connectivity index is 3.06. The summed E-state index contributed by atoms with van der Waals surface area (Å²) in [6, 6.07) is 0. The molecule has 0 saturated carbocycles. The molecule has 90 valence electrons. The second-order valence-corrected chi connectivity index (χ2v) is 4.09. The third kappa shape index (κ3) is 2.84. The van der Waals surface area contributed by atoms with Crippen LogP contribution >= 0.6 is 0 Å². The minimum atomic E-state index is -1.03. The molecule has 1 heterocycles. The van der Waals surface area contributed by atoms with Crippen LogP contribution in [0.4, 0.5) is 0 Å². The van der Waals surface area contributed by atoms with Gasteiger partial charge in [0.25, 0.3) is 5.82 Å². The number of aromatic nitrogens is 2. The van der Waals surface area contributed by atoms with Crippen LogP contribution in [-0.4, -0.2) is 10.5 Å². The van der Waals surface area contributed by atoms with Crippen LogP contribution in [-0.2, 0) is 24.3 Å². The topological polar surface area (TPSA) is 48.9 Å². The zero-order valence-corrected chi connectivity index (χ0v) is 10.3. The minimum Gasteiger partial charge on any atom is -0.546 e. The Labute approximate surface area is 96.5 Å². The predicted octanol–water partition coefficient (Wildman–Crippen LogP) is 0.196. The first kappa shape index (κ1) is 12.7. The van der Waals surface area contributed by atoms with E-state index in [0.717, 1.165) is 37.3 Å². The third-order valence-electron chi connectivity index (χ3n) is 2.63. The molecule has 1 rings (SSSR count). The quantitative estimate of drug-likeness (QED) is 0.648. The Morgan fingerprint density at radius 3 is 2.62 bits per heavy atom. The second kappa shape index (κ2) is 5.68. The molecule has 0 spiro atoms. The van der Waals surface area contributed by atoms with Gasteiger partial charge < -0.3 is 9.90 Å². The first-order chi connectivity index (χ1) is 7.60. The van der Waals surface area contributed by atoms with Gasteiger partial charge in [-0.15, -0.1) is 0 Å². The largest absolute Gasteiger partial charge is 0.546 e. The molecule has 0 N–H and O–H groups in total. The molecule has 0 atom stereocenters. The van der Waals surface area contributed by atoms with Gasteiger partial charge in [-0.1, -0.05) is 13.8 Å². The van der Waals surface area contributed by atoms with E-state index in [1.54, 1.807) is 4.57 Å². The summed E-state index contributed by atoms with van der Waals surface area (Å²) in [5, 5.41) is 10.7. The molecule has 1 aromatic rings. The molecule has 0 aliphatic rings. The summed E-state index contributed by atoms with van der Waals surface area (Å²) in [7, 11) is 0. The number of hydrogen-bond acceptors (Lipinski definition) is 2. The number of hydrogen-bond donors (Lipinski definition) is 0. The average molecular weight is 224 g/mol. The van der Waals surface area contributed by atoms with Crippen LogP contribution in [0, 0.1) is 6.92 Å². The van der Waals surface area contributed by atoms with Crippen LogP contribution in [0.25, 0.3) is 0 Å². The van der Waals surface area contributed by atoms with Crippen molar-refractivity contribution in [3.8, 4) is 0 Å². The van der Waals surface area contributed by atoms with Crippen molar-refractivity contribution in [2.75, 3.05) is 0 Å². The first-order valence-corrected chi connectivity index (χ1v) is 5.88. The van der Waals surface area contributed by atoms with E-state index in [1.807, 2.05) is 13.1 Å². The van der Waals surface area contributed by atoms with Crippen molar-refractivity contribution in [1.82, 2.24) is 4.57 Å². The molecule has 1 aromatic heterocycles. The molecule has 0 bridgehead atoms. The van der Waals surface area contributed by atoms with E-state index in [1.165, 1.54) is 0 Å². The highest BCUT2D eigenvalue weighted by Crippen LogP contribution is 2.06. The van der Waals surface area contributed by atoms with E-state index in [2.05, 4.69) is 18.4 Å². The van der Waals surface area contributed by atoms with Gasteiger partial charge >= 0.3 is 0 Å². The zero-order chi connectivity index (χ0) is 12.1. The molecule has 4 heteroatoms. The molecule has 0 radical (unpaired) electrons. The lowest BCUT2D eigenvalue weighted by molar-refractivity contribution is -0.697. The van der Waals surface area contributed by atoms with Crippen LogP contribution in [0.1, 0.15) is 38.2 Å². The van der Waals surface area contributed by atoms with Crippen LogP contribution < -0.4 is 9.67 Å². The van der Waals surface area contributed by atoms with E-state index >= 15 is 0 Å². The van der Waals surface area contributed by atoms with Crippen molar-refractivity contribution in [3.05, 3.63) is 17.7 Å². The lowest BCUT2D eigenvalue weighted by Gasteiger charge is -2.04. The van der Waals surface area contributed by atoms with Gasteiger partial charge in [0.1, 0.15) is 18.4 Å². The van der Waals surface area contributed by atoms with Crippen molar-refractivity contribution in [3.63, 3.8) is 0 Å². The highest BCUT2D eigenvalue weighted by molar-refractivity contribution is 5.62. The van der Waals surface area contributed by atoms with Crippen LogP contribution in [0.15, 0.2) is 6.20 Å². The highest BCUT2D eigenvalue weighted by Gasteiger charge is 2.19. The van der Waals surface area contributed by atoms with Gasteiger partial charge in [0.05, 0.1) is 12.5 Å². The lowest BCUT2D eigenvalue weighted by Crippen LogP contribution is -2.45. The van der Waals surface area contributed by atoms with Crippen molar-refractivity contribution >= 4 is 5.97 Å². The van der Waals surface area contributed by atoms with Crippen LogP contribution in [0.2, 0.25) is 0 Å². The number of rotatable bonds is 6. The van der Waals surface area contributed by atoms with Gasteiger partial charge in [0.2, 0.25) is 0 Å². The molecule has 0 amide bonds. The van der Waals surface area contributed by atoms with Crippen LogP contribution in [0.3, 0.4) is 0 Å². The average Bonchev–Trinajstić information content (AvgIpc) is 2.46. The number of carbonyl (C=O) groups excluding carboxylic acids is 1. The SMILES string of the molecule is CCCc1n(CCC)c(C)c[n+]1CC(=O)[O-]. The minimum absolute atomic E-state index is 0.0487. The Hall–Kier alpha value is -1.32. The Kier molecular flexibility index (Phi) is 4.52. The molecule has 16 heavy (non-hydrogen) atoms. The van der Waals surface area contributed by atoms with E-state index in [-0.39, 0.29) is 6.54 Å². The van der Waals surface area contributed by atoms with Gasteiger partial charge in [0.15, 0.2) is 0 Å². The number of carboxylic acids is 1. The monoisotopic (exact) mass is 224 g/mol. The van der Waals surface area contributed by atoms with E-state index < -0.39 is 5.97 Å². The number of nitrogens with zero attached hydrogens (tertiary/aromatic N) is 2. The van der Waals surface area contributed by atoms with Crippen LogP contribution in [0.5, 0.6) is 0 Å². The molecule has 0 aromatic carbocycles. The molecule has 0 aliphatic carbocycles. The number of imidazole rings is 1. The number of aliphatic carboxylic acids is 1. The highest BCUT2D eigenvalue weighted by atomic mass is 16.4. The maximum Gasteiger partial charge on any atom is 0.256 e. The fourth-order valence-electron chi connectivity index (χ4n) is 2.04. The summed E-state index contributed by atoms with van der Waals surface area (Å²) in [5.41, 5.74) is 1.12. The fraction of sp³-hybridized carbons (Fsp3) is 0.667. The molecular formula is C12H20N2O2. The summed E-state index contributed by atoms with van der Waals surface area (Å²) in [5.74, 6) is 0.0575. The zero-order valence-electron chi connectivity index (χ0n) is 10.3. The van der Waals surface area contributed by atoms with Crippen molar-refractivity contribution in [2.24, 2.45) is 0 Å². The molecule has 0 fully saturated rings. The second-order valence-electron chi connectivity index (χ2n) is 4.09. The van der Waals surface area contributed by atoms with E-state index in [0.29, 0.717) is 0 Å². The van der Waals surface area contributed by atoms with E-state index in [9.17, 15) is 9.90 Å². The molecule has 0 aliphatic heterocycles. The van der Waals surface area contributed by atoms with Gasteiger partial charge in [0, 0.05) is 13.3 Å².